The summed E-state index contributed by atoms with van der Waals surface area (Å²) in [4.78, 5) is 22.5. The molecule has 0 atom stereocenters. The first-order chi connectivity index (χ1) is 15.3. The number of amides is 1. The number of hydrogen-bond donors (Lipinski definition) is 2. The van der Waals surface area contributed by atoms with Crippen LogP contribution in [0.25, 0.3) is 10.6 Å². The first kappa shape index (κ1) is 22.1. The van der Waals surface area contributed by atoms with E-state index in [1.54, 1.807) is 47.7 Å². The van der Waals surface area contributed by atoms with Gasteiger partial charge in [-0.15, -0.1) is 22.7 Å². The van der Waals surface area contributed by atoms with Gasteiger partial charge in [-0.05, 0) is 43.7 Å². The van der Waals surface area contributed by atoms with Crippen LogP contribution in [0.2, 0.25) is 0 Å². The van der Waals surface area contributed by atoms with Gasteiger partial charge in [0.15, 0.2) is 5.13 Å². The number of anilines is 2. The molecule has 0 saturated heterocycles. The third-order valence-corrected chi connectivity index (χ3v) is 7.76. The van der Waals surface area contributed by atoms with Crippen LogP contribution in [-0.4, -0.2) is 24.3 Å². The molecule has 4 rings (SSSR count). The van der Waals surface area contributed by atoms with Crippen LogP contribution < -0.4 is 10.0 Å². The number of nitrogens with zero attached hydrogens (tertiary/aromatic N) is 2. The van der Waals surface area contributed by atoms with Crippen molar-refractivity contribution in [1.82, 2.24) is 9.97 Å². The fourth-order valence-corrected chi connectivity index (χ4v) is 5.79. The van der Waals surface area contributed by atoms with E-state index in [0.717, 1.165) is 21.3 Å². The maximum absolute atomic E-state index is 12.5. The quantitative estimate of drug-likeness (QED) is 0.390. The van der Waals surface area contributed by atoms with E-state index in [-0.39, 0.29) is 17.2 Å². The zero-order chi connectivity index (χ0) is 22.7. The number of benzene rings is 2. The Morgan fingerprint density at radius 3 is 2.38 bits per heavy atom. The molecular formula is C22H20N4O3S3. The van der Waals surface area contributed by atoms with Gasteiger partial charge >= 0.3 is 0 Å². The van der Waals surface area contributed by atoms with Crippen LogP contribution in [0.15, 0.2) is 64.9 Å². The Morgan fingerprint density at radius 2 is 1.72 bits per heavy atom. The number of carbonyl (C=O) groups is 1. The molecule has 0 aliphatic rings. The lowest BCUT2D eigenvalue weighted by Crippen LogP contribution is -2.15. The zero-order valence-electron chi connectivity index (χ0n) is 17.3. The molecule has 0 saturated carbocycles. The summed E-state index contributed by atoms with van der Waals surface area (Å²) in [5, 5.41) is 6.19. The Hall–Kier alpha value is -3.08. The fraction of sp³-hybridized carbons (Fsp3) is 0.136. The second kappa shape index (κ2) is 9.19. The normalized spacial score (nSPS) is 11.3. The summed E-state index contributed by atoms with van der Waals surface area (Å²) in [6.45, 7) is 3.89. The van der Waals surface area contributed by atoms with Crippen LogP contribution >= 0.6 is 22.7 Å². The number of aryl methyl sites for hydroxylation is 2. The minimum atomic E-state index is -3.70. The molecule has 0 aliphatic carbocycles. The topological polar surface area (TPSA) is 101 Å². The van der Waals surface area contributed by atoms with Crippen LogP contribution in [0.1, 0.15) is 16.3 Å². The van der Waals surface area contributed by atoms with E-state index in [0.29, 0.717) is 16.4 Å². The maximum Gasteiger partial charge on any atom is 0.261 e. The molecule has 2 aromatic heterocycles. The van der Waals surface area contributed by atoms with Gasteiger partial charge in [-0.1, -0.05) is 30.3 Å². The number of aromatic nitrogens is 2. The van der Waals surface area contributed by atoms with Crippen molar-refractivity contribution in [3.63, 3.8) is 0 Å². The van der Waals surface area contributed by atoms with E-state index < -0.39 is 10.0 Å². The van der Waals surface area contributed by atoms with Crippen molar-refractivity contribution in [3.8, 4) is 10.6 Å². The maximum atomic E-state index is 12.5. The van der Waals surface area contributed by atoms with Crippen molar-refractivity contribution in [2.45, 2.75) is 25.2 Å². The van der Waals surface area contributed by atoms with Crippen LogP contribution in [-0.2, 0) is 21.2 Å². The van der Waals surface area contributed by atoms with Gasteiger partial charge in [0.05, 0.1) is 32.6 Å². The Labute approximate surface area is 194 Å². The predicted molar refractivity (Wildman–Crippen MR) is 129 cm³/mol. The number of sulfonamides is 1. The summed E-state index contributed by atoms with van der Waals surface area (Å²) < 4.78 is 27.6. The van der Waals surface area contributed by atoms with Gasteiger partial charge in [-0.3, -0.25) is 9.52 Å². The highest BCUT2D eigenvalue weighted by Crippen LogP contribution is 2.32. The Morgan fingerprint density at radius 1 is 1.00 bits per heavy atom. The van der Waals surface area contributed by atoms with Gasteiger partial charge in [-0.25, -0.2) is 18.4 Å². The van der Waals surface area contributed by atoms with Gasteiger partial charge in [0.2, 0.25) is 5.91 Å². The lowest BCUT2D eigenvalue weighted by atomic mass is 10.1. The second-order valence-electron chi connectivity index (χ2n) is 7.03. The van der Waals surface area contributed by atoms with Crippen LogP contribution in [0.3, 0.4) is 0 Å². The summed E-state index contributed by atoms with van der Waals surface area (Å²) in [5.41, 5.74) is 2.91. The highest BCUT2D eigenvalue weighted by Gasteiger charge is 2.16. The molecule has 0 fully saturated rings. The Balaban J connectivity index is 1.38. The van der Waals surface area contributed by atoms with Crippen molar-refractivity contribution in [1.29, 1.82) is 0 Å². The minimum absolute atomic E-state index is 0.111. The van der Waals surface area contributed by atoms with Gasteiger partial charge in [-0.2, -0.15) is 0 Å². The molecular weight excluding hydrogens is 464 g/mol. The van der Waals surface area contributed by atoms with Gasteiger partial charge < -0.3 is 5.32 Å². The number of carbonyl (C=O) groups excluding carboxylic acids is 1. The highest BCUT2D eigenvalue weighted by molar-refractivity contribution is 7.92. The molecule has 4 aromatic rings. The molecule has 2 aromatic carbocycles. The van der Waals surface area contributed by atoms with Crippen molar-refractivity contribution < 1.29 is 13.2 Å². The minimum Gasteiger partial charge on any atom is -0.302 e. The molecule has 32 heavy (non-hydrogen) atoms. The zero-order valence-corrected chi connectivity index (χ0v) is 19.8. The van der Waals surface area contributed by atoms with Crippen LogP contribution in [0, 0.1) is 13.8 Å². The molecule has 0 aliphatic heterocycles. The molecule has 7 nitrogen and oxygen atoms in total. The van der Waals surface area contributed by atoms with E-state index in [2.05, 4.69) is 20.0 Å². The molecule has 1 amide bonds. The fourth-order valence-electron chi connectivity index (χ4n) is 3.06. The molecule has 2 N–H and O–H groups in total. The summed E-state index contributed by atoms with van der Waals surface area (Å²) in [6.07, 6.45) is 0.111. The third-order valence-electron chi connectivity index (χ3n) is 4.51. The molecule has 164 valence electrons. The Bertz CT molecular complexity index is 1340. The van der Waals surface area contributed by atoms with Crippen molar-refractivity contribution >= 4 is 49.4 Å². The predicted octanol–water partition coefficient (Wildman–Crippen LogP) is 4.87. The van der Waals surface area contributed by atoms with Crippen molar-refractivity contribution in [2.24, 2.45) is 0 Å². The lowest BCUT2D eigenvalue weighted by Gasteiger charge is -2.08. The summed E-state index contributed by atoms with van der Waals surface area (Å²) >= 11 is 2.93. The average Bonchev–Trinajstić information content (AvgIpc) is 3.34. The number of rotatable bonds is 7. The molecule has 0 bridgehead atoms. The lowest BCUT2D eigenvalue weighted by molar-refractivity contribution is -0.115. The number of thiazole rings is 2. The smallest absolute Gasteiger partial charge is 0.261 e. The van der Waals surface area contributed by atoms with Crippen LogP contribution in [0.4, 0.5) is 10.8 Å². The van der Waals surface area contributed by atoms with E-state index >= 15 is 0 Å². The van der Waals surface area contributed by atoms with Crippen molar-refractivity contribution in [3.05, 3.63) is 76.2 Å². The van der Waals surface area contributed by atoms with Gasteiger partial charge in [0.1, 0.15) is 0 Å². The molecule has 0 unspecified atom stereocenters. The van der Waals surface area contributed by atoms with Gasteiger partial charge in [0, 0.05) is 11.1 Å². The number of nitrogens with one attached hydrogen (secondary N) is 2. The molecule has 0 spiro atoms. The molecule has 2 heterocycles. The monoisotopic (exact) mass is 484 g/mol. The summed E-state index contributed by atoms with van der Waals surface area (Å²) in [6, 6.07) is 14.9. The van der Waals surface area contributed by atoms with E-state index in [1.807, 2.05) is 25.3 Å². The number of para-hydroxylation sites is 1. The van der Waals surface area contributed by atoms with E-state index in [4.69, 9.17) is 0 Å². The largest absolute Gasteiger partial charge is 0.302 e. The summed E-state index contributed by atoms with van der Waals surface area (Å²) in [5.74, 6) is -0.221. The standard InChI is InChI=1S/C22H20N4O3S3/c1-14-21(31-15(2)23-14)19-13-30-22(24-19)25-20(27)12-16-8-10-18(11-9-16)32(28,29)26-17-6-4-3-5-7-17/h3-11,13,26H,12H2,1-2H3,(H,24,25,27). The molecule has 10 heteroatoms. The van der Waals surface area contributed by atoms with Crippen molar-refractivity contribution in [2.75, 3.05) is 10.0 Å². The van der Waals surface area contributed by atoms with E-state index in [1.165, 1.54) is 23.5 Å². The van der Waals surface area contributed by atoms with E-state index in [9.17, 15) is 13.2 Å². The average molecular weight is 485 g/mol. The second-order valence-corrected chi connectivity index (χ2v) is 10.8. The third kappa shape index (κ3) is 5.21. The molecule has 0 radical (unpaired) electrons. The van der Waals surface area contributed by atoms with Gasteiger partial charge in [0.25, 0.3) is 10.0 Å². The summed E-state index contributed by atoms with van der Waals surface area (Å²) in [7, 11) is -3.70. The van der Waals surface area contributed by atoms with Crippen LogP contribution in [0.5, 0.6) is 0 Å². The Kier molecular flexibility index (Phi) is 6.35. The SMILES string of the molecule is Cc1nc(C)c(-c2csc(NC(=O)Cc3ccc(S(=O)(=O)Nc4ccccc4)cc3)n2)s1. The number of hydrogen-bond acceptors (Lipinski definition) is 7. The highest BCUT2D eigenvalue weighted by atomic mass is 32.2. The first-order valence-electron chi connectivity index (χ1n) is 9.67. The first-order valence-corrected chi connectivity index (χ1v) is 12.8.